The van der Waals surface area contributed by atoms with E-state index in [-0.39, 0.29) is 40.1 Å². The first kappa shape index (κ1) is 17.6. The quantitative estimate of drug-likeness (QED) is 0.507. The van der Waals surface area contributed by atoms with Gasteiger partial charge in [0.1, 0.15) is 5.15 Å². The molecular weight excluding hydrogens is 234 g/mol. The van der Waals surface area contributed by atoms with Crippen LogP contribution in [-0.2, 0) is 32.7 Å². The Bertz CT molecular complexity index is 144. The SMILES string of the molecule is CC.Clc1ccccn1.[CH3-].[Y]. The van der Waals surface area contributed by atoms with E-state index in [4.69, 9.17) is 11.6 Å². The minimum absolute atomic E-state index is 0. The van der Waals surface area contributed by atoms with Gasteiger partial charge >= 0.3 is 0 Å². The predicted molar refractivity (Wildman–Crippen MR) is 47.0 cm³/mol. The van der Waals surface area contributed by atoms with E-state index in [0.29, 0.717) is 5.15 Å². The molecule has 0 aliphatic heterocycles. The van der Waals surface area contributed by atoms with Gasteiger partial charge in [-0.05, 0) is 12.1 Å². The summed E-state index contributed by atoms with van der Waals surface area (Å²) in [5, 5.41) is 0.544. The van der Waals surface area contributed by atoms with Gasteiger partial charge in [-0.2, -0.15) is 0 Å². The number of hydrogen-bond donors (Lipinski definition) is 0. The summed E-state index contributed by atoms with van der Waals surface area (Å²) >= 11 is 5.43. The fourth-order valence-corrected chi connectivity index (χ4v) is 0.471. The smallest absolute Gasteiger partial charge is 0.129 e. The monoisotopic (exact) mass is 247 g/mol. The van der Waals surface area contributed by atoms with E-state index in [1.54, 1.807) is 12.3 Å². The van der Waals surface area contributed by atoms with Crippen LogP contribution in [0.5, 0.6) is 0 Å². The van der Waals surface area contributed by atoms with Crippen molar-refractivity contribution in [3.05, 3.63) is 37.0 Å². The largest absolute Gasteiger partial charge is 0.358 e. The first-order valence-corrected chi connectivity index (χ1v) is 3.34. The molecule has 0 amide bonds. The molecule has 0 spiro atoms. The van der Waals surface area contributed by atoms with Crippen molar-refractivity contribution < 1.29 is 32.7 Å². The van der Waals surface area contributed by atoms with Crippen LogP contribution >= 0.6 is 11.6 Å². The van der Waals surface area contributed by atoms with Gasteiger partial charge in [-0.15, -0.1) is 0 Å². The normalized spacial score (nSPS) is 6.09. The molecule has 0 saturated heterocycles. The number of aromatic nitrogens is 1. The van der Waals surface area contributed by atoms with E-state index in [1.165, 1.54) is 0 Å². The molecule has 1 rings (SSSR count). The zero-order valence-corrected chi connectivity index (χ0v) is 10.8. The van der Waals surface area contributed by atoms with Crippen LogP contribution in [-0.4, -0.2) is 4.98 Å². The summed E-state index contributed by atoms with van der Waals surface area (Å²) in [5.74, 6) is 0. The molecule has 1 aromatic rings. The Balaban J connectivity index is -0.000000149. The first-order chi connectivity index (χ1) is 4.39. The number of rotatable bonds is 0. The summed E-state index contributed by atoms with van der Waals surface area (Å²) in [6.45, 7) is 4.00. The molecule has 1 heterocycles. The van der Waals surface area contributed by atoms with Crippen LogP contribution in [0.3, 0.4) is 0 Å². The Hall–Kier alpha value is 0.544. The van der Waals surface area contributed by atoms with Crippen LogP contribution in [0.4, 0.5) is 0 Å². The number of halogens is 1. The predicted octanol–water partition coefficient (Wildman–Crippen LogP) is 3.21. The minimum Gasteiger partial charge on any atom is -0.358 e. The van der Waals surface area contributed by atoms with Gasteiger partial charge in [0.05, 0.1) is 0 Å². The molecule has 0 aliphatic carbocycles. The summed E-state index contributed by atoms with van der Waals surface area (Å²) < 4.78 is 0. The van der Waals surface area contributed by atoms with Gasteiger partial charge in [0.25, 0.3) is 0 Å². The number of hydrogen-bond acceptors (Lipinski definition) is 1. The van der Waals surface area contributed by atoms with Crippen LogP contribution in [0.15, 0.2) is 24.4 Å². The van der Waals surface area contributed by atoms with Crippen molar-refractivity contribution in [3.8, 4) is 0 Å². The zero-order valence-electron chi connectivity index (χ0n) is 7.21. The number of nitrogens with zero attached hydrogens (tertiary/aromatic N) is 1. The minimum atomic E-state index is 0. The topological polar surface area (TPSA) is 12.9 Å². The molecule has 0 fully saturated rings. The van der Waals surface area contributed by atoms with Crippen molar-refractivity contribution >= 4 is 11.6 Å². The van der Waals surface area contributed by atoms with Gasteiger partial charge < -0.3 is 7.43 Å². The van der Waals surface area contributed by atoms with Crippen molar-refractivity contribution in [1.29, 1.82) is 0 Å². The van der Waals surface area contributed by atoms with Gasteiger partial charge in [0.15, 0.2) is 0 Å². The molecule has 0 aromatic carbocycles. The van der Waals surface area contributed by atoms with Crippen molar-refractivity contribution in [2.24, 2.45) is 0 Å². The Morgan fingerprint density at radius 2 is 1.82 bits per heavy atom. The summed E-state index contributed by atoms with van der Waals surface area (Å²) in [7, 11) is 0. The molecular formula is C8H13ClNY-. The standard InChI is InChI=1S/C5H4ClN.C2H6.CH3.Y/c6-5-3-1-2-4-7-5;1-2;;/h1-4H;1-2H3;1H3;/q;;-1;. The zero-order chi connectivity index (χ0) is 7.11. The molecule has 0 bridgehead atoms. The fraction of sp³-hybridized carbons (Fsp3) is 0.250. The van der Waals surface area contributed by atoms with Gasteiger partial charge in [-0.25, -0.2) is 4.98 Å². The summed E-state index contributed by atoms with van der Waals surface area (Å²) in [6.07, 6.45) is 1.66. The van der Waals surface area contributed by atoms with E-state index >= 15 is 0 Å². The third kappa shape index (κ3) is 10.5. The van der Waals surface area contributed by atoms with E-state index in [2.05, 4.69) is 4.98 Å². The van der Waals surface area contributed by atoms with Gasteiger partial charge in [-0.1, -0.05) is 31.5 Å². The van der Waals surface area contributed by atoms with Gasteiger partial charge in [-0.3, -0.25) is 0 Å². The number of pyridine rings is 1. The first-order valence-electron chi connectivity index (χ1n) is 2.96. The summed E-state index contributed by atoms with van der Waals surface area (Å²) in [6, 6.07) is 5.41. The van der Waals surface area contributed by atoms with Gasteiger partial charge in [0, 0.05) is 38.9 Å². The summed E-state index contributed by atoms with van der Waals surface area (Å²) in [4.78, 5) is 3.74. The van der Waals surface area contributed by atoms with Crippen molar-refractivity contribution in [1.82, 2.24) is 4.98 Å². The van der Waals surface area contributed by atoms with Crippen LogP contribution in [0.25, 0.3) is 0 Å². The Kier molecular flexibility index (Phi) is 21.0. The second-order valence-corrected chi connectivity index (χ2v) is 1.54. The molecule has 1 radical (unpaired) electrons. The maximum absolute atomic E-state index is 5.43. The molecule has 3 heteroatoms. The summed E-state index contributed by atoms with van der Waals surface area (Å²) in [5.41, 5.74) is 0. The van der Waals surface area contributed by atoms with Crippen molar-refractivity contribution in [2.45, 2.75) is 13.8 Å². The molecule has 1 aromatic heterocycles. The Morgan fingerprint density at radius 1 is 1.27 bits per heavy atom. The molecule has 0 aliphatic rings. The van der Waals surface area contributed by atoms with E-state index in [0.717, 1.165) is 0 Å². The van der Waals surface area contributed by atoms with Crippen molar-refractivity contribution in [2.75, 3.05) is 0 Å². The molecule has 0 atom stereocenters. The van der Waals surface area contributed by atoms with E-state index < -0.39 is 0 Å². The van der Waals surface area contributed by atoms with Crippen LogP contribution < -0.4 is 0 Å². The molecule has 0 N–H and O–H groups in total. The maximum Gasteiger partial charge on any atom is 0.129 e. The molecule has 61 valence electrons. The molecule has 0 unspecified atom stereocenters. The second-order valence-electron chi connectivity index (χ2n) is 1.15. The van der Waals surface area contributed by atoms with Crippen molar-refractivity contribution in [3.63, 3.8) is 0 Å². The molecule has 1 nitrogen and oxygen atoms in total. The fourth-order valence-electron chi connectivity index (χ4n) is 0.342. The maximum atomic E-state index is 5.43. The Labute approximate surface area is 99.4 Å². The average molecular weight is 248 g/mol. The molecule has 0 saturated carbocycles. The second kappa shape index (κ2) is 13.2. The van der Waals surface area contributed by atoms with Crippen LogP contribution in [0.1, 0.15) is 13.8 Å². The Morgan fingerprint density at radius 3 is 2.00 bits per heavy atom. The van der Waals surface area contributed by atoms with E-state index in [9.17, 15) is 0 Å². The third-order valence-corrected chi connectivity index (χ3v) is 0.852. The third-order valence-electron chi connectivity index (χ3n) is 0.629. The van der Waals surface area contributed by atoms with Crippen LogP contribution in [0, 0.1) is 7.43 Å². The average Bonchev–Trinajstić information content (AvgIpc) is 1.94. The van der Waals surface area contributed by atoms with Gasteiger partial charge in [0.2, 0.25) is 0 Å². The molecule has 11 heavy (non-hydrogen) atoms. The van der Waals surface area contributed by atoms with E-state index in [1.807, 2.05) is 26.0 Å². The van der Waals surface area contributed by atoms with Crippen LogP contribution in [0.2, 0.25) is 5.15 Å².